The van der Waals surface area contributed by atoms with Crippen LogP contribution in [0.5, 0.6) is 17.2 Å². The average molecular weight is 482 g/mol. The van der Waals surface area contributed by atoms with Gasteiger partial charge in [0.05, 0.1) is 38.0 Å². The van der Waals surface area contributed by atoms with E-state index in [1.165, 1.54) is 11.8 Å². The monoisotopic (exact) mass is 481 g/mol. The third-order valence-electron chi connectivity index (χ3n) is 4.85. The molecule has 33 heavy (non-hydrogen) atoms. The van der Waals surface area contributed by atoms with E-state index in [4.69, 9.17) is 30.8 Å². The van der Waals surface area contributed by atoms with E-state index in [0.29, 0.717) is 58.4 Å². The highest BCUT2D eigenvalue weighted by molar-refractivity contribution is 8.26. The fourth-order valence-electron chi connectivity index (χ4n) is 3.23. The SMILES string of the molecule is COc1ccccc1OCCCOc1ccccc1/C=C1\SC(=S)N(Cc2ccco2)C1=O. The number of thiocarbonyl (C=S) groups is 1. The molecule has 4 rings (SSSR count). The van der Waals surface area contributed by atoms with Crippen LogP contribution in [0.1, 0.15) is 17.7 Å². The maximum atomic E-state index is 12.9. The van der Waals surface area contributed by atoms with Gasteiger partial charge in [-0.25, -0.2) is 0 Å². The Labute approximate surface area is 202 Å². The molecule has 2 heterocycles. The van der Waals surface area contributed by atoms with Crippen molar-refractivity contribution in [3.8, 4) is 17.2 Å². The molecule has 0 radical (unpaired) electrons. The Bertz CT molecular complexity index is 1140. The molecule has 3 aromatic rings. The van der Waals surface area contributed by atoms with Gasteiger partial charge in [-0.2, -0.15) is 0 Å². The van der Waals surface area contributed by atoms with E-state index >= 15 is 0 Å². The van der Waals surface area contributed by atoms with Crippen LogP contribution in [-0.4, -0.2) is 35.5 Å². The smallest absolute Gasteiger partial charge is 0.266 e. The van der Waals surface area contributed by atoms with Gasteiger partial charge in [0.25, 0.3) is 5.91 Å². The van der Waals surface area contributed by atoms with E-state index in [9.17, 15) is 4.79 Å². The van der Waals surface area contributed by atoms with Gasteiger partial charge >= 0.3 is 0 Å². The third-order valence-corrected chi connectivity index (χ3v) is 6.22. The lowest BCUT2D eigenvalue weighted by molar-refractivity contribution is -0.122. The largest absolute Gasteiger partial charge is 0.493 e. The van der Waals surface area contributed by atoms with Crippen molar-refractivity contribution in [1.29, 1.82) is 0 Å². The van der Waals surface area contributed by atoms with Gasteiger partial charge in [0.2, 0.25) is 0 Å². The molecule has 0 unspecified atom stereocenters. The normalized spacial score (nSPS) is 14.7. The number of benzene rings is 2. The first kappa shape index (κ1) is 22.9. The summed E-state index contributed by atoms with van der Waals surface area (Å²) in [5.41, 5.74) is 0.821. The Morgan fingerprint density at radius 2 is 1.67 bits per heavy atom. The van der Waals surface area contributed by atoms with Crippen LogP contribution in [0.3, 0.4) is 0 Å². The van der Waals surface area contributed by atoms with E-state index in [2.05, 4.69) is 0 Å². The van der Waals surface area contributed by atoms with Gasteiger partial charge < -0.3 is 18.6 Å². The van der Waals surface area contributed by atoms with Crippen LogP contribution in [0, 0.1) is 0 Å². The van der Waals surface area contributed by atoms with Gasteiger partial charge in [-0.1, -0.05) is 54.3 Å². The highest BCUT2D eigenvalue weighted by Crippen LogP contribution is 2.35. The van der Waals surface area contributed by atoms with Crippen molar-refractivity contribution in [2.45, 2.75) is 13.0 Å². The minimum Gasteiger partial charge on any atom is -0.493 e. The van der Waals surface area contributed by atoms with Crippen LogP contribution in [0.25, 0.3) is 6.08 Å². The summed E-state index contributed by atoms with van der Waals surface area (Å²) in [4.78, 5) is 15.0. The van der Waals surface area contributed by atoms with Crippen molar-refractivity contribution >= 4 is 40.3 Å². The molecule has 0 spiro atoms. The molecule has 1 aliphatic rings. The van der Waals surface area contributed by atoms with Gasteiger partial charge in [0.1, 0.15) is 15.8 Å². The summed E-state index contributed by atoms with van der Waals surface area (Å²) in [6.45, 7) is 1.28. The molecule has 2 aromatic carbocycles. The first-order valence-electron chi connectivity index (χ1n) is 10.4. The summed E-state index contributed by atoms with van der Waals surface area (Å²) in [6, 6.07) is 18.8. The van der Waals surface area contributed by atoms with Gasteiger partial charge in [-0.15, -0.1) is 0 Å². The van der Waals surface area contributed by atoms with E-state index in [-0.39, 0.29) is 5.91 Å². The van der Waals surface area contributed by atoms with Crippen LogP contribution >= 0.6 is 24.0 Å². The van der Waals surface area contributed by atoms with Crippen LogP contribution in [-0.2, 0) is 11.3 Å². The number of nitrogens with zero attached hydrogens (tertiary/aromatic N) is 1. The summed E-state index contributed by atoms with van der Waals surface area (Å²) in [6.07, 6.45) is 4.09. The molecule has 0 N–H and O–H groups in total. The number of amides is 1. The van der Waals surface area contributed by atoms with Crippen LogP contribution in [0.4, 0.5) is 0 Å². The molecule has 170 valence electrons. The van der Waals surface area contributed by atoms with Crippen molar-refractivity contribution in [1.82, 2.24) is 4.90 Å². The molecule has 8 heteroatoms. The number of rotatable bonds is 10. The molecule has 0 aliphatic carbocycles. The predicted octanol–water partition coefficient (Wildman–Crippen LogP) is 5.54. The minimum absolute atomic E-state index is 0.138. The van der Waals surface area contributed by atoms with Crippen molar-refractivity contribution in [2.24, 2.45) is 0 Å². The Hall–Kier alpha value is -3.23. The summed E-state index contributed by atoms with van der Waals surface area (Å²) in [5.74, 6) is 2.66. The number of para-hydroxylation sites is 3. The number of carbonyl (C=O) groups excluding carboxylic acids is 1. The van der Waals surface area contributed by atoms with Crippen LogP contribution in [0.15, 0.2) is 76.2 Å². The average Bonchev–Trinajstić information content (AvgIpc) is 3.44. The first-order chi connectivity index (χ1) is 16.2. The second-order valence-corrected chi connectivity index (χ2v) is 8.76. The maximum Gasteiger partial charge on any atom is 0.266 e. The lowest BCUT2D eigenvalue weighted by atomic mass is 10.2. The minimum atomic E-state index is -0.138. The number of ether oxygens (including phenoxy) is 3. The molecule has 0 atom stereocenters. The number of hydrogen-bond donors (Lipinski definition) is 0. The molecule has 0 saturated carbocycles. The van der Waals surface area contributed by atoms with Crippen molar-refractivity contribution in [2.75, 3.05) is 20.3 Å². The predicted molar refractivity (Wildman–Crippen MR) is 132 cm³/mol. The molecule has 1 saturated heterocycles. The molecular weight excluding hydrogens is 458 g/mol. The highest BCUT2D eigenvalue weighted by atomic mass is 32.2. The first-order valence-corrected chi connectivity index (χ1v) is 11.6. The standard InChI is InChI=1S/C25H23NO5S2/c1-28-21-11-4-5-12-22(21)31-15-7-14-30-20-10-3-2-8-18(20)16-23-24(27)26(25(32)33-23)17-19-9-6-13-29-19/h2-6,8-13,16H,7,14-15,17H2,1H3/b23-16-. The highest BCUT2D eigenvalue weighted by Gasteiger charge is 2.32. The Kier molecular flexibility index (Phi) is 7.70. The number of thioether (sulfide) groups is 1. The molecular formula is C25H23NO5S2. The zero-order chi connectivity index (χ0) is 23.0. The molecule has 1 aliphatic heterocycles. The molecule has 0 bridgehead atoms. The lowest BCUT2D eigenvalue weighted by Crippen LogP contribution is -2.27. The van der Waals surface area contributed by atoms with Crippen molar-refractivity contribution in [3.05, 3.63) is 83.2 Å². The van der Waals surface area contributed by atoms with Crippen molar-refractivity contribution in [3.63, 3.8) is 0 Å². The molecule has 1 amide bonds. The number of hydrogen-bond acceptors (Lipinski definition) is 7. The number of methoxy groups -OCH3 is 1. The van der Waals surface area contributed by atoms with Gasteiger partial charge in [-0.3, -0.25) is 9.69 Å². The molecule has 1 aromatic heterocycles. The fourth-order valence-corrected chi connectivity index (χ4v) is 4.47. The third kappa shape index (κ3) is 5.77. The van der Waals surface area contributed by atoms with E-state index < -0.39 is 0 Å². The lowest BCUT2D eigenvalue weighted by Gasteiger charge is -2.12. The molecule has 6 nitrogen and oxygen atoms in total. The van der Waals surface area contributed by atoms with E-state index in [1.54, 1.807) is 24.3 Å². The Morgan fingerprint density at radius 3 is 2.39 bits per heavy atom. The topological polar surface area (TPSA) is 61.1 Å². The number of furan rings is 1. The van der Waals surface area contributed by atoms with Crippen LogP contribution < -0.4 is 14.2 Å². The van der Waals surface area contributed by atoms with E-state index in [1.807, 2.05) is 60.7 Å². The Balaban J connectivity index is 1.35. The maximum absolute atomic E-state index is 12.9. The Morgan fingerprint density at radius 1 is 0.970 bits per heavy atom. The quantitative estimate of drug-likeness (QED) is 0.214. The summed E-state index contributed by atoms with van der Waals surface area (Å²) in [7, 11) is 1.62. The van der Waals surface area contributed by atoms with Gasteiger partial charge in [0, 0.05) is 12.0 Å². The van der Waals surface area contributed by atoms with E-state index in [0.717, 1.165) is 5.56 Å². The zero-order valence-corrected chi connectivity index (χ0v) is 19.7. The number of carbonyl (C=O) groups is 1. The summed E-state index contributed by atoms with van der Waals surface area (Å²) in [5, 5.41) is 0. The fraction of sp³-hybridized carbons (Fsp3) is 0.200. The second-order valence-electron chi connectivity index (χ2n) is 7.09. The summed E-state index contributed by atoms with van der Waals surface area (Å²) < 4.78 is 22.9. The molecule has 1 fully saturated rings. The summed E-state index contributed by atoms with van der Waals surface area (Å²) >= 11 is 6.69. The van der Waals surface area contributed by atoms with Gasteiger partial charge in [0.15, 0.2) is 11.5 Å². The second kappa shape index (κ2) is 11.1. The zero-order valence-electron chi connectivity index (χ0n) is 18.1. The van der Waals surface area contributed by atoms with Crippen molar-refractivity contribution < 1.29 is 23.4 Å². The van der Waals surface area contributed by atoms with Gasteiger partial charge in [-0.05, 0) is 36.4 Å². The van der Waals surface area contributed by atoms with Crippen LogP contribution in [0.2, 0.25) is 0 Å².